The van der Waals surface area contributed by atoms with Crippen LogP contribution < -0.4 is 5.32 Å². The van der Waals surface area contributed by atoms with E-state index in [-0.39, 0.29) is 5.91 Å². The molecule has 0 saturated carbocycles. The van der Waals surface area contributed by atoms with Crippen molar-refractivity contribution in [1.29, 1.82) is 0 Å². The number of nitrogens with one attached hydrogen (secondary N) is 1. The van der Waals surface area contributed by atoms with Crippen LogP contribution in [-0.2, 0) is 6.54 Å². The Morgan fingerprint density at radius 3 is 2.67 bits per heavy atom. The average molecular weight is 360 g/mol. The average Bonchev–Trinajstić information content (AvgIpc) is 3.01. The van der Waals surface area contributed by atoms with Crippen LogP contribution in [0.5, 0.6) is 0 Å². The van der Waals surface area contributed by atoms with Crippen molar-refractivity contribution < 1.29 is 4.79 Å². The highest BCUT2D eigenvalue weighted by Gasteiger charge is 2.21. The van der Waals surface area contributed by atoms with E-state index in [4.69, 9.17) is 23.2 Å². The van der Waals surface area contributed by atoms with Gasteiger partial charge in [0.25, 0.3) is 5.91 Å². The Hall–Kier alpha value is -2.44. The Labute approximate surface area is 147 Å². The molecule has 8 heteroatoms. The Bertz CT molecular complexity index is 933. The first-order valence-electron chi connectivity index (χ1n) is 7.27. The standard InChI is InChI=1S/C16H11Cl2N5O/c17-9-2-1-3-10(18)14(9)15-19-5-4-11(21-15)12-8-13-16(24)20-6-7-23(13)22-12/h1-5,8H,6-7H2,(H,20,24). The molecular weight excluding hydrogens is 349 g/mol. The van der Waals surface area contributed by atoms with Crippen molar-refractivity contribution in [3.8, 4) is 22.8 Å². The highest BCUT2D eigenvalue weighted by atomic mass is 35.5. The van der Waals surface area contributed by atoms with Gasteiger partial charge in [0.15, 0.2) is 5.82 Å². The summed E-state index contributed by atoms with van der Waals surface area (Å²) in [4.78, 5) is 20.6. The fraction of sp³-hybridized carbons (Fsp3) is 0.125. The zero-order valence-electron chi connectivity index (χ0n) is 12.3. The van der Waals surface area contributed by atoms with E-state index >= 15 is 0 Å². The lowest BCUT2D eigenvalue weighted by atomic mass is 10.2. The van der Waals surface area contributed by atoms with Crippen LogP contribution >= 0.6 is 23.2 Å². The van der Waals surface area contributed by atoms with Crippen molar-refractivity contribution in [2.75, 3.05) is 6.54 Å². The molecule has 1 aliphatic rings. The highest BCUT2D eigenvalue weighted by Crippen LogP contribution is 2.33. The second kappa shape index (κ2) is 5.89. The fourth-order valence-electron chi connectivity index (χ4n) is 2.59. The van der Waals surface area contributed by atoms with Gasteiger partial charge in [-0.15, -0.1) is 0 Å². The number of carbonyl (C=O) groups excluding carboxylic acids is 1. The van der Waals surface area contributed by atoms with E-state index in [1.54, 1.807) is 41.2 Å². The van der Waals surface area contributed by atoms with Gasteiger partial charge in [0.05, 0.1) is 27.8 Å². The number of halogens is 2. The van der Waals surface area contributed by atoms with E-state index in [2.05, 4.69) is 20.4 Å². The third-order valence-corrected chi connectivity index (χ3v) is 4.36. The van der Waals surface area contributed by atoms with Gasteiger partial charge >= 0.3 is 0 Å². The molecule has 0 aliphatic carbocycles. The van der Waals surface area contributed by atoms with Crippen LogP contribution in [0.2, 0.25) is 10.0 Å². The molecule has 1 aromatic carbocycles. The molecule has 24 heavy (non-hydrogen) atoms. The summed E-state index contributed by atoms with van der Waals surface area (Å²) in [5.41, 5.74) is 2.30. The normalized spacial score (nSPS) is 13.5. The number of hydrogen-bond donors (Lipinski definition) is 1. The number of amides is 1. The third-order valence-electron chi connectivity index (χ3n) is 3.73. The van der Waals surface area contributed by atoms with Crippen LogP contribution in [0.25, 0.3) is 22.8 Å². The lowest BCUT2D eigenvalue weighted by molar-refractivity contribution is 0.0924. The molecule has 0 spiro atoms. The predicted molar refractivity (Wildman–Crippen MR) is 91.0 cm³/mol. The van der Waals surface area contributed by atoms with Crippen molar-refractivity contribution in [1.82, 2.24) is 25.1 Å². The number of nitrogens with zero attached hydrogens (tertiary/aromatic N) is 4. The molecule has 0 bridgehead atoms. The summed E-state index contributed by atoms with van der Waals surface area (Å²) in [6, 6.07) is 8.69. The molecule has 0 radical (unpaired) electrons. The molecule has 120 valence electrons. The van der Waals surface area contributed by atoms with Gasteiger partial charge in [-0.2, -0.15) is 5.10 Å². The molecule has 2 aromatic heterocycles. The second-order valence-corrected chi connectivity index (χ2v) is 6.07. The summed E-state index contributed by atoms with van der Waals surface area (Å²) in [6.45, 7) is 1.20. The van der Waals surface area contributed by atoms with Crippen LogP contribution in [0.1, 0.15) is 10.5 Å². The molecule has 1 N–H and O–H groups in total. The van der Waals surface area contributed by atoms with Gasteiger partial charge in [-0.25, -0.2) is 9.97 Å². The van der Waals surface area contributed by atoms with E-state index in [0.29, 0.717) is 51.6 Å². The molecule has 1 amide bonds. The van der Waals surface area contributed by atoms with Gasteiger partial charge in [-0.3, -0.25) is 9.48 Å². The smallest absolute Gasteiger partial charge is 0.269 e. The number of hydrogen-bond acceptors (Lipinski definition) is 4. The zero-order valence-corrected chi connectivity index (χ0v) is 13.8. The van der Waals surface area contributed by atoms with E-state index in [0.717, 1.165) is 0 Å². The molecule has 3 aromatic rings. The van der Waals surface area contributed by atoms with Crippen LogP contribution in [0.4, 0.5) is 0 Å². The molecule has 6 nitrogen and oxygen atoms in total. The maximum absolute atomic E-state index is 11.9. The SMILES string of the molecule is O=C1NCCn2nc(-c3ccnc(-c4c(Cl)cccc4Cl)n3)cc21. The van der Waals surface area contributed by atoms with Gasteiger partial charge in [0.1, 0.15) is 11.4 Å². The number of rotatable bonds is 2. The summed E-state index contributed by atoms with van der Waals surface area (Å²) in [7, 11) is 0. The van der Waals surface area contributed by atoms with E-state index < -0.39 is 0 Å². The van der Waals surface area contributed by atoms with Gasteiger partial charge in [-0.1, -0.05) is 29.3 Å². The van der Waals surface area contributed by atoms with Crippen LogP contribution in [0, 0.1) is 0 Å². The summed E-state index contributed by atoms with van der Waals surface area (Å²) in [5.74, 6) is 0.280. The molecule has 1 aliphatic heterocycles. The number of benzene rings is 1. The highest BCUT2D eigenvalue weighted by molar-refractivity contribution is 6.38. The van der Waals surface area contributed by atoms with Crippen molar-refractivity contribution in [2.24, 2.45) is 0 Å². The summed E-state index contributed by atoms with van der Waals surface area (Å²) in [5, 5.41) is 8.19. The first-order valence-corrected chi connectivity index (χ1v) is 8.03. The predicted octanol–water partition coefficient (Wildman–Crippen LogP) is 3.06. The van der Waals surface area contributed by atoms with Gasteiger partial charge in [0.2, 0.25) is 0 Å². The summed E-state index contributed by atoms with van der Waals surface area (Å²) >= 11 is 12.5. The number of carbonyl (C=O) groups is 1. The summed E-state index contributed by atoms with van der Waals surface area (Å²) in [6.07, 6.45) is 1.62. The van der Waals surface area contributed by atoms with Crippen molar-refractivity contribution in [2.45, 2.75) is 6.54 Å². The topological polar surface area (TPSA) is 72.7 Å². The molecule has 0 saturated heterocycles. The first-order chi connectivity index (χ1) is 11.6. The van der Waals surface area contributed by atoms with E-state index in [1.807, 2.05) is 0 Å². The Balaban J connectivity index is 1.80. The number of aromatic nitrogens is 4. The molecule has 0 atom stereocenters. The minimum Gasteiger partial charge on any atom is -0.349 e. The Morgan fingerprint density at radius 2 is 1.92 bits per heavy atom. The Kier molecular flexibility index (Phi) is 3.70. The molecule has 0 unspecified atom stereocenters. The van der Waals surface area contributed by atoms with Crippen molar-refractivity contribution >= 4 is 29.1 Å². The second-order valence-electron chi connectivity index (χ2n) is 5.26. The lowest BCUT2D eigenvalue weighted by Crippen LogP contribution is -2.35. The largest absolute Gasteiger partial charge is 0.349 e. The molecule has 0 fully saturated rings. The van der Waals surface area contributed by atoms with E-state index in [1.165, 1.54) is 0 Å². The maximum Gasteiger partial charge on any atom is 0.269 e. The van der Waals surface area contributed by atoms with Crippen LogP contribution in [0.3, 0.4) is 0 Å². The zero-order chi connectivity index (χ0) is 16.7. The minimum absolute atomic E-state index is 0.136. The molecule has 4 rings (SSSR count). The Morgan fingerprint density at radius 1 is 1.12 bits per heavy atom. The van der Waals surface area contributed by atoms with Gasteiger partial charge < -0.3 is 5.32 Å². The molecule has 3 heterocycles. The maximum atomic E-state index is 11.9. The molecular formula is C16H11Cl2N5O. The van der Waals surface area contributed by atoms with Crippen LogP contribution in [-0.4, -0.2) is 32.2 Å². The quantitative estimate of drug-likeness (QED) is 0.762. The minimum atomic E-state index is -0.136. The fourth-order valence-corrected chi connectivity index (χ4v) is 3.16. The van der Waals surface area contributed by atoms with Crippen molar-refractivity contribution in [3.05, 3.63) is 52.3 Å². The van der Waals surface area contributed by atoms with Crippen LogP contribution in [0.15, 0.2) is 36.5 Å². The summed E-state index contributed by atoms with van der Waals surface area (Å²) < 4.78 is 1.68. The van der Waals surface area contributed by atoms with Crippen molar-refractivity contribution in [3.63, 3.8) is 0 Å². The van der Waals surface area contributed by atoms with Gasteiger partial charge in [0, 0.05) is 12.7 Å². The van der Waals surface area contributed by atoms with E-state index in [9.17, 15) is 4.79 Å². The van der Waals surface area contributed by atoms with Gasteiger partial charge in [-0.05, 0) is 24.3 Å². The lowest BCUT2D eigenvalue weighted by Gasteiger charge is -2.13. The monoisotopic (exact) mass is 359 g/mol. The first kappa shape index (κ1) is 15.1. The number of fused-ring (bicyclic) bond motifs is 1. The third kappa shape index (κ3) is 2.53.